The van der Waals surface area contributed by atoms with Crippen molar-refractivity contribution in [2.75, 3.05) is 7.11 Å². The number of esters is 1. The van der Waals surface area contributed by atoms with Crippen molar-refractivity contribution in [3.63, 3.8) is 0 Å². The average molecular weight is 727 g/mol. The summed E-state index contributed by atoms with van der Waals surface area (Å²) in [5, 5.41) is 0. The molecule has 0 fully saturated rings. The topological polar surface area (TPSA) is 127 Å². The molecule has 0 saturated carbocycles. The molecule has 0 saturated heterocycles. The number of hydrogen-bond acceptors (Lipinski definition) is 7. The lowest BCUT2D eigenvalue weighted by molar-refractivity contribution is -0.140. The Labute approximate surface area is 319 Å². The number of benzene rings is 2. The quantitative estimate of drug-likeness (QED) is 0.164. The van der Waals surface area contributed by atoms with Gasteiger partial charge in [-0.3, -0.25) is 14.6 Å². The minimum atomic E-state index is -0.266. The van der Waals surface area contributed by atoms with Gasteiger partial charge in [0.15, 0.2) is 5.78 Å². The molecule has 55 heavy (non-hydrogen) atoms. The fraction of sp³-hybridized carbons (Fsp3) is 0.261. The van der Waals surface area contributed by atoms with Crippen LogP contribution in [0.3, 0.4) is 0 Å². The zero-order valence-electron chi connectivity index (χ0n) is 31.9. The van der Waals surface area contributed by atoms with Gasteiger partial charge in [0.25, 0.3) is 0 Å². The van der Waals surface area contributed by atoms with Gasteiger partial charge in [-0.05, 0) is 86.2 Å². The molecule has 2 aromatic carbocycles. The maximum absolute atomic E-state index is 13.7. The lowest BCUT2D eigenvalue weighted by Crippen LogP contribution is -2.09. The Hall–Kier alpha value is -6.22. The van der Waals surface area contributed by atoms with Gasteiger partial charge in [-0.15, -0.1) is 0 Å². The summed E-state index contributed by atoms with van der Waals surface area (Å²) in [5.41, 5.74) is 17.9. The van der Waals surface area contributed by atoms with Gasteiger partial charge < -0.3 is 14.7 Å². The number of nitrogens with one attached hydrogen (secondary N) is 2. The average Bonchev–Trinajstić information content (AvgIpc) is 3.95. The number of para-hydroxylation sites is 2. The highest BCUT2D eigenvalue weighted by atomic mass is 16.5. The second kappa shape index (κ2) is 13.3. The highest BCUT2D eigenvalue weighted by molar-refractivity contribution is 6.32. The molecule has 9 nitrogen and oxygen atoms in total. The van der Waals surface area contributed by atoms with E-state index in [0.29, 0.717) is 17.7 Å². The smallest absolute Gasteiger partial charge is 0.305 e. The van der Waals surface area contributed by atoms with Crippen molar-refractivity contribution < 1.29 is 14.3 Å². The summed E-state index contributed by atoms with van der Waals surface area (Å²) >= 11 is 0. The predicted octanol–water partition coefficient (Wildman–Crippen LogP) is 9.67. The van der Waals surface area contributed by atoms with E-state index in [2.05, 4.69) is 68.0 Å². The molecule has 8 bridgehead atoms. The third-order valence-electron chi connectivity index (χ3n) is 11.8. The monoisotopic (exact) mass is 726 g/mol. The third kappa shape index (κ3) is 5.60. The fourth-order valence-electron chi connectivity index (χ4n) is 8.79. The third-order valence-corrected chi connectivity index (χ3v) is 11.8. The zero-order valence-corrected chi connectivity index (χ0v) is 31.9. The zero-order chi connectivity index (χ0) is 38.1. The molecule has 3 aliphatic rings. The molecule has 2 atom stereocenters. The molecule has 1 aliphatic carbocycles. The van der Waals surface area contributed by atoms with Crippen LogP contribution < -0.4 is 0 Å². The molecule has 2 aliphatic heterocycles. The number of carbonyl (C=O) groups excluding carboxylic acids is 2. The number of fused-ring (bicyclic) bond motifs is 9. The summed E-state index contributed by atoms with van der Waals surface area (Å²) in [4.78, 5) is 54.8. The van der Waals surface area contributed by atoms with Crippen LogP contribution in [0.4, 0.5) is 0 Å². The number of aromatic amines is 2. The normalized spacial score (nSPS) is 16.4. The number of rotatable bonds is 6. The Bertz CT molecular complexity index is 2810. The maximum atomic E-state index is 13.7. The number of ether oxygens (including phenoxy) is 1. The van der Waals surface area contributed by atoms with E-state index in [1.807, 2.05) is 49.4 Å². The van der Waals surface area contributed by atoms with E-state index in [0.717, 1.165) is 101 Å². The van der Waals surface area contributed by atoms with E-state index in [-0.39, 0.29) is 36.4 Å². The maximum Gasteiger partial charge on any atom is 0.305 e. The molecule has 6 aromatic rings. The SMILES string of the molecule is CCc1c(C)c2cc3[nH]c(cc4nc(c5c6nc(cc1[nH]2)C(C)=C6C(=O)C5)[C@@H](CCC(=O)OC)[C@@H]4C)c(C)c3-c1nc2ccccc2nc1-c1ccccc1. The molecule has 9 rings (SSSR count). The number of aromatic nitrogens is 6. The largest absolute Gasteiger partial charge is 0.469 e. The molecule has 0 radical (unpaired) electrons. The van der Waals surface area contributed by atoms with E-state index in [1.165, 1.54) is 12.7 Å². The van der Waals surface area contributed by atoms with Crippen LogP contribution in [0.15, 0.2) is 72.8 Å². The second-order valence-corrected chi connectivity index (χ2v) is 14.9. The van der Waals surface area contributed by atoms with Crippen LogP contribution in [0.2, 0.25) is 0 Å². The molecule has 4 aromatic heterocycles. The molecule has 274 valence electrons. The van der Waals surface area contributed by atoms with Crippen molar-refractivity contribution in [2.45, 2.75) is 72.1 Å². The first-order valence-electron chi connectivity index (χ1n) is 19.0. The van der Waals surface area contributed by atoms with Crippen LogP contribution in [-0.4, -0.2) is 48.8 Å². The van der Waals surface area contributed by atoms with Crippen LogP contribution in [0.25, 0.3) is 66.8 Å². The number of carbonyl (C=O) groups is 2. The Balaban J connectivity index is 1.41. The number of Topliss-reactive ketones (excluding diaryl/α,β-unsaturated/α-hetero) is 1. The minimum Gasteiger partial charge on any atom is -0.469 e. The van der Waals surface area contributed by atoms with E-state index in [9.17, 15) is 9.59 Å². The Morgan fingerprint density at radius 3 is 2.22 bits per heavy atom. The molecule has 6 heterocycles. The molecule has 9 heteroatoms. The summed E-state index contributed by atoms with van der Waals surface area (Å²) in [7, 11) is 1.42. The van der Waals surface area contributed by atoms with Crippen molar-refractivity contribution in [1.82, 2.24) is 29.9 Å². The highest BCUT2D eigenvalue weighted by Crippen LogP contribution is 2.47. The van der Waals surface area contributed by atoms with Gasteiger partial charge in [0, 0.05) is 69.2 Å². The Kier molecular flexibility index (Phi) is 8.33. The highest BCUT2D eigenvalue weighted by Gasteiger charge is 2.39. The molecule has 0 spiro atoms. The Morgan fingerprint density at radius 2 is 1.49 bits per heavy atom. The van der Waals surface area contributed by atoms with Crippen molar-refractivity contribution in [3.8, 4) is 22.5 Å². The van der Waals surface area contributed by atoms with E-state index < -0.39 is 0 Å². The van der Waals surface area contributed by atoms with E-state index in [4.69, 9.17) is 24.7 Å². The lowest BCUT2D eigenvalue weighted by atomic mass is 9.85. The number of ketones is 1. The predicted molar refractivity (Wildman–Crippen MR) is 217 cm³/mol. The first-order valence-corrected chi connectivity index (χ1v) is 19.0. The lowest BCUT2D eigenvalue weighted by Gasteiger charge is -2.16. The number of hydrogen-bond donors (Lipinski definition) is 2. The van der Waals surface area contributed by atoms with Crippen molar-refractivity contribution in [3.05, 3.63) is 118 Å². The van der Waals surface area contributed by atoms with Gasteiger partial charge in [0.05, 0.1) is 52.1 Å². The standard InChI is InChI=1S/C46H42N6O3/c1-7-28-23(2)33-22-38-41(46-43(27-13-9-8-10-14-27)49-31-15-11-12-16-32(31)50-46)25(4)35(48-38)20-34-24(3)29(17-18-40(54)55-6)44(51-34)30-19-39(53)42-26(5)36(52-45(30)42)21-37(28)47-33/h8-16,20-22,24,29,47-48H,7,17-19H2,1-6H3/t24-,29-/m0/s1. The molecular weight excluding hydrogens is 685 g/mol. The summed E-state index contributed by atoms with van der Waals surface area (Å²) in [6.07, 6.45) is 1.85. The minimum absolute atomic E-state index is 0.0390. The van der Waals surface area contributed by atoms with Crippen molar-refractivity contribution in [1.29, 1.82) is 0 Å². The molecule has 2 N–H and O–H groups in total. The van der Waals surface area contributed by atoms with Gasteiger partial charge >= 0.3 is 5.97 Å². The van der Waals surface area contributed by atoms with E-state index in [1.54, 1.807) is 0 Å². The van der Waals surface area contributed by atoms with Gasteiger partial charge in [-0.25, -0.2) is 15.0 Å². The van der Waals surface area contributed by atoms with Crippen LogP contribution in [0.1, 0.15) is 90.5 Å². The summed E-state index contributed by atoms with van der Waals surface area (Å²) in [6, 6.07) is 24.6. The summed E-state index contributed by atoms with van der Waals surface area (Å²) < 4.78 is 5.05. The van der Waals surface area contributed by atoms with Crippen LogP contribution in [-0.2, 0) is 27.2 Å². The van der Waals surface area contributed by atoms with Gasteiger partial charge in [-0.2, -0.15) is 0 Å². The summed E-state index contributed by atoms with van der Waals surface area (Å²) in [6.45, 7) is 10.6. The van der Waals surface area contributed by atoms with Crippen molar-refractivity contribution >= 4 is 56.0 Å². The molecular formula is C46H42N6O3. The molecule has 0 unspecified atom stereocenters. The Morgan fingerprint density at radius 1 is 0.800 bits per heavy atom. The van der Waals surface area contributed by atoms with Gasteiger partial charge in [-0.1, -0.05) is 56.3 Å². The van der Waals surface area contributed by atoms with Gasteiger partial charge in [0.2, 0.25) is 0 Å². The number of aryl methyl sites for hydroxylation is 3. The van der Waals surface area contributed by atoms with Gasteiger partial charge in [0.1, 0.15) is 0 Å². The number of allylic oxidation sites excluding steroid dienone is 2. The number of nitrogens with zero attached hydrogens (tertiary/aromatic N) is 4. The number of H-pyrrole nitrogens is 2. The first-order chi connectivity index (χ1) is 26.6. The van der Waals surface area contributed by atoms with Crippen LogP contribution in [0, 0.1) is 13.8 Å². The van der Waals surface area contributed by atoms with E-state index >= 15 is 0 Å². The first kappa shape index (κ1) is 34.5. The molecule has 0 amide bonds. The summed E-state index contributed by atoms with van der Waals surface area (Å²) in [5.74, 6) is -0.348. The van der Waals surface area contributed by atoms with Crippen molar-refractivity contribution in [2.24, 2.45) is 0 Å². The van der Waals surface area contributed by atoms with Crippen LogP contribution >= 0.6 is 0 Å². The van der Waals surface area contributed by atoms with Crippen LogP contribution in [0.5, 0.6) is 0 Å². The fourth-order valence-corrected chi connectivity index (χ4v) is 8.79. The second-order valence-electron chi connectivity index (χ2n) is 14.9. The number of methoxy groups -OCH3 is 1.